The van der Waals surface area contributed by atoms with Crippen LogP contribution in [0.2, 0.25) is 0 Å². The minimum absolute atomic E-state index is 0. The molecule has 1 atom stereocenters. The highest BCUT2D eigenvalue weighted by molar-refractivity contribution is 9.10. The summed E-state index contributed by atoms with van der Waals surface area (Å²) in [4.78, 5) is 4.16. The third-order valence-corrected chi connectivity index (χ3v) is 5.13. The molecule has 0 amide bonds. The van der Waals surface area contributed by atoms with Crippen molar-refractivity contribution in [3.63, 3.8) is 0 Å². The second-order valence-electron chi connectivity index (χ2n) is 4.61. The van der Waals surface area contributed by atoms with E-state index >= 15 is 0 Å². The number of thiophene rings is 1. The Morgan fingerprint density at radius 2 is 2.05 bits per heavy atom. The third-order valence-electron chi connectivity index (χ3n) is 3.34. The smallest absolute Gasteiger partial charge is 0.0443 e. The minimum Gasteiger partial charge on any atom is -0.314 e. The van der Waals surface area contributed by atoms with E-state index in [0.29, 0.717) is 6.04 Å². The van der Waals surface area contributed by atoms with Crippen molar-refractivity contribution in [2.24, 2.45) is 0 Å². The Kier molecular flexibility index (Phi) is 10.8. The highest BCUT2D eigenvalue weighted by Gasteiger charge is 2.22. The predicted molar refractivity (Wildman–Crippen MR) is 93.2 cm³/mol. The maximum absolute atomic E-state index is 3.57. The molecule has 6 heteroatoms. The molecule has 1 aromatic heterocycles. The second kappa shape index (κ2) is 10.4. The van der Waals surface area contributed by atoms with Gasteiger partial charge in [-0.05, 0) is 28.4 Å². The molecule has 0 aliphatic carbocycles. The first kappa shape index (κ1) is 19.7. The molecule has 2 rings (SSSR count). The fourth-order valence-corrected chi connectivity index (χ4v) is 4.01. The zero-order valence-electron chi connectivity index (χ0n) is 11.2. The third kappa shape index (κ3) is 5.90. The molecule has 2 nitrogen and oxygen atoms in total. The lowest BCUT2D eigenvalue weighted by Crippen LogP contribution is -2.45. The van der Waals surface area contributed by atoms with E-state index in [1.165, 1.54) is 41.7 Å². The first-order valence-corrected chi connectivity index (χ1v) is 8.17. The average molecular weight is 390 g/mol. The van der Waals surface area contributed by atoms with Crippen LogP contribution in [0, 0.1) is 0 Å². The van der Waals surface area contributed by atoms with Crippen molar-refractivity contribution in [3.8, 4) is 0 Å². The van der Waals surface area contributed by atoms with E-state index in [2.05, 4.69) is 44.5 Å². The number of rotatable bonds is 5. The molecule has 1 aliphatic heterocycles. The average Bonchev–Trinajstić information content (AvgIpc) is 2.78. The van der Waals surface area contributed by atoms with Crippen molar-refractivity contribution in [3.05, 3.63) is 20.8 Å². The van der Waals surface area contributed by atoms with Crippen molar-refractivity contribution >= 4 is 52.1 Å². The molecule has 19 heavy (non-hydrogen) atoms. The van der Waals surface area contributed by atoms with Gasteiger partial charge in [-0.15, -0.1) is 36.2 Å². The highest BCUT2D eigenvalue weighted by atomic mass is 79.9. The lowest BCUT2D eigenvalue weighted by molar-refractivity contribution is 0.165. The number of halogens is 3. The summed E-state index contributed by atoms with van der Waals surface area (Å²) in [5.41, 5.74) is 0. The predicted octanol–water partition coefficient (Wildman–Crippen LogP) is 4.49. The largest absolute Gasteiger partial charge is 0.314 e. The van der Waals surface area contributed by atoms with Gasteiger partial charge in [0, 0.05) is 47.0 Å². The maximum atomic E-state index is 3.57. The number of hydrogen-bond donors (Lipinski definition) is 1. The van der Waals surface area contributed by atoms with Crippen molar-refractivity contribution in [2.75, 3.05) is 26.2 Å². The van der Waals surface area contributed by atoms with E-state index in [1.807, 2.05) is 11.3 Å². The van der Waals surface area contributed by atoms with Crippen LogP contribution in [0.25, 0.3) is 0 Å². The first-order valence-electron chi connectivity index (χ1n) is 6.50. The molecule has 2 heterocycles. The Hall–Kier alpha value is 0.680. The number of piperazine rings is 1. The maximum Gasteiger partial charge on any atom is 0.0443 e. The quantitative estimate of drug-likeness (QED) is 0.797. The van der Waals surface area contributed by atoms with Crippen molar-refractivity contribution in [1.29, 1.82) is 0 Å². The fraction of sp³-hybridized carbons (Fsp3) is 0.692. The van der Waals surface area contributed by atoms with Gasteiger partial charge >= 0.3 is 0 Å². The number of unbranched alkanes of at least 4 members (excludes halogenated alkanes) is 1. The molecule has 1 N–H and O–H groups in total. The van der Waals surface area contributed by atoms with Gasteiger partial charge in [-0.1, -0.05) is 19.8 Å². The normalized spacial score (nSPS) is 17.4. The molecule has 1 aliphatic rings. The molecule has 0 unspecified atom stereocenters. The summed E-state index contributed by atoms with van der Waals surface area (Å²) in [5.74, 6) is 0. The molecular formula is C13H23BrCl2N2S. The summed E-state index contributed by atoms with van der Waals surface area (Å²) in [5, 5.41) is 5.64. The van der Waals surface area contributed by atoms with Crippen LogP contribution in [-0.4, -0.2) is 31.1 Å². The zero-order chi connectivity index (χ0) is 12.1. The molecule has 0 bridgehead atoms. The van der Waals surface area contributed by atoms with E-state index in [-0.39, 0.29) is 24.8 Å². The van der Waals surface area contributed by atoms with Gasteiger partial charge < -0.3 is 5.32 Å². The SMILES string of the molecule is CCCC[C@@H](c1cc(Br)cs1)N1CCNCC1.Cl.Cl. The number of hydrogen-bond acceptors (Lipinski definition) is 3. The molecule has 1 fully saturated rings. The minimum atomic E-state index is 0. The Morgan fingerprint density at radius 1 is 1.37 bits per heavy atom. The van der Waals surface area contributed by atoms with Crippen LogP contribution < -0.4 is 5.32 Å². The Balaban J connectivity index is 0.00000162. The molecule has 1 aromatic rings. The lowest BCUT2D eigenvalue weighted by Gasteiger charge is -2.34. The van der Waals surface area contributed by atoms with Gasteiger partial charge in [-0.3, -0.25) is 4.90 Å². The molecule has 1 saturated heterocycles. The van der Waals surface area contributed by atoms with Gasteiger partial charge in [-0.2, -0.15) is 0 Å². The van der Waals surface area contributed by atoms with Crippen LogP contribution in [0.1, 0.15) is 37.1 Å². The zero-order valence-corrected chi connectivity index (χ0v) is 15.3. The van der Waals surface area contributed by atoms with E-state index in [1.54, 1.807) is 0 Å². The van der Waals surface area contributed by atoms with E-state index in [0.717, 1.165) is 13.1 Å². The first-order chi connectivity index (χ1) is 8.31. The molecule has 0 radical (unpaired) electrons. The van der Waals surface area contributed by atoms with Crippen molar-refractivity contribution < 1.29 is 0 Å². The van der Waals surface area contributed by atoms with Gasteiger partial charge in [0.15, 0.2) is 0 Å². The Labute approximate surface area is 141 Å². The van der Waals surface area contributed by atoms with Crippen LogP contribution >= 0.6 is 52.1 Å². The van der Waals surface area contributed by atoms with Crippen LogP contribution in [0.15, 0.2) is 15.9 Å². The molecule has 0 saturated carbocycles. The van der Waals surface area contributed by atoms with Gasteiger partial charge in [0.2, 0.25) is 0 Å². The van der Waals surface area contributed by atoms with E-state index in [4.69, 9.17) is 0 Å². The van der Waals surface area contributed by atoms with Gasteiger partial charge in [0.05, 0.1) is 0 Å². The summed E-state index contributed by atoms with van der Waals surface area (Å²) >= 11 is 5.46. The number of nitrogens with one attached hydrogen (secondary N) is 1. The van der Waals surface area contributed by atoms with Gasteiger partial charge in [0.25, 0.3) is 0 Å². The summed E-state index contributed by atoms with van der Waals surface area (Å²) in [6.45, 7) is 6.91. The van der Waals surface area contributed by atoms with Crippen LogP contribution in [0.3, 0.4) is 0 Å². The van der Waals surface area contributed by atoms with Crippen molar-refractivity contribution in [1.82, 2.24) is 10.2 Å². The van der Waals surface area contributed by atoms with E-state index in [9.17, 15) is 0 Å². The van der Waals surface area contributed by atoms with Crippen molar-refractivity contribution in [2.45, 2.75) is 32.2 Å². The standard InChI is InChI=1S/C13H21BrN2S.2ClH/c1-2-3-4-12(13-9-11(14)10-17-13)16-7-5-15-6-8-16;;/h9-10,12,15H,2-8H2,1H3;2*1H/t12-;;/m0../s1. The summed E-state index contributed by atoms with van der Waals surface area (Å²) in [6, 6.07) is 2.93. The van der Waals surface area contributed by atoms with Gasteiger partial charge in [0.1, 0.15) is 0 Å². The van der Waals surface area contributed by atoms with Crippen LogP contribution in [0.4, 0.5) is 0 Å². The van der Waals surface area contributed by atoms with Crippen LogP contribution in [0.5, 0.6) is 0 Å². The molecule has 0 aromatic carbocycles. The highest BCUT2D eigenvalue weighted by Crippen LogP contribution is 2.33. The fourth-order valence-electron chi connectivity index (χ4n) is 2.40. The monoisotopic (exact) mass is 388 g/mol. The molecule has 0 spiro atoms. The number of nitrogens with zero attached hydrogens (tertiary/aromatic N) is 1. The Morgan fingerprint density at radius 3 is 2.58 bits per heavy atom. The molecule has 112 valence electrons. The molecular weight excluding hydrogens is 367 g/mol. The van der Waals surface area contributed by atoms with Gasteiger partial charge in [-0.25, -0.2) is 0 Å². The summed E-state index contributed by atoms with van der Waals surface area (Å²) < 4.78 is 1.23. The summed E-state index contributed by atoms with van der Waals surface area (Å²) in [7, 11) is 0. The second-order valence-corrected chi connectivity index (χ2v) is 6.47. The van der Waals surface area contributed by atoms with E-state index < -0.39 is 0 Å². The summed E-state index contributed by atoms with van der Waals surface area (Å²) in [6.07, 6.45) is 3.91. The topological polar surface area (TPSA) is 15.3 Å². The lowest BCUT2D eigenvalue weighted by atomic mass is 10.1. The van der Waals surface area contributed by atoms with Crippen LogP contribution in [-0.2, 0) is 0 Å². The Bertz CT molecular complexity index is 343.